The van der Waals surface area contributed by atoms with Gasteiger partial charge in [0.15, 0.2) is 12.4 Å². The summed E-state index contributed by atoms with van der Waals surface area (Å²) in [6.07, 6.45) is 0. The van der Waals surface area contributed by atoms with Gasteiger partial charge >= 0.3 is 0 Å². The molecule has 1 atom stereocenters. The van der Waals surface area contributed by atoms with Crippen molar-refractivity contribution >= 4 is 17.4 Å². The van der Waals surface area contributed by atoms with Crippen molar-refractivity contribution in [3.8, 4) is 5.75 Å². The lowest BCUT2D eigenvalue weighted by molar-refractivity contribution is -0.121. The summed E-state index contributed by atoms with van der Waals surface area (Å²) in [4.78, 5) is 25.1. The van der Waals surface area contributed by atoms with Gasteiger partial charge in [-0.25, -0.2) is 0 Å². The lowest BCUT2D eigenvalue weighted by Crippen LogP contribution is -2.38. The van der Waals surface area contributed by atoms with Gasteiger partial charge in [-0.3, -0.25) is 9.59 Å². The number of carbonyl (C=O) groups is 2. The number of ketones is 1. The summed E-state index contributed by atoms with van der Waals surface area (Å²) in [6.45, 7) is 4.11. The smallest absolute Gasteiger partial charge is 0.265 e. The molecular formula is C13H16N2O3. The number of nitrogens with zero attached hydrogens (tertiary/aromatic N) is 1. The van der Waals surface area contributed by atoms with Crippen LogP contribution in [0.25, 0.3) is 0 Å². The van der Waals surface area contributed by atoms with Crippen molar-refractivity contribution in [2.45, 2.75) is 19.9 Å². The fourth-order valence-electron chi connectivity index (χ4n) is 1.96. The number of ether oxygens (including phenoxy) is 1. The highest BCUT2D eigenvalue weighted by Crippen LogP contribution is 2.32. The molecule has 0 saturated carbocycles. The molecule has 0 radical (unpaired) electrons. The maximum Gasteiger partial charge on any atom is 0.265 e. The highest BCUT2D eigenvalue weighted by atomic mass is 16.5. The van der Waals surface area contributed by atoms with Crippen molar-refractivity contribution in [2.24, 2.45) is 5.73 Å². The molecule has 1 unspecified atom stereocenters. The topological polar surface area (TPSA) is 72.6 Å². The van der Waals surface area contributed by atoms with E-state index in [1.807, 2.05) is 6.92 Å². The van der Waals surface area contributed by atoms with Gasteiger partial charge in [0.25, 0.3) is 5.91 Å². The van der Waals surface area contributed by atoms with Crippen LogP contribution in [0.1, 0.15) is 24.2 Å². The number of benzene rings is 1. The summed E-state index contributed by atoms with van der Waals surface area (Å²) in [5.41, 5.74) is 6.72. The Hall–Kier alpha value is -1.88. The van der Waals surface area contributed by atoms with Crippen LogP contribution in [0.3, 0.4) is 0 Å². The molecule has 96 valence electrons. The molecule has 1 aromatic carbocycles. The number of likely N-dealkylation sites (N-methyl/N-ethyl adjacent to an activating group) is 1. The first kappa shape index (κ1) is 12.6. The fourth-order valence-corrected chi connectivity index (χ4v) is 1.96. The van der Waals surface area contributed by atoms with E-state index in [-0.39, 0.29) is 18.3 Å². The van der Waals surface area contributed by atoms with Crippen LogP contribution in [-0.4, -0.2) is 30.9 Å². The zero-order valence-corrected chi connectivity index (χ0v) is 10.5. The van der Waals surface area contributed by atoms with Gasteiger partial charge < -0.3 is 15.4 Å². The zero-order valence-electron chi connectivity index (χ0n) is 10.5. The summed E-state index contributed by atoms with van der Waals surface area (Å²) >= 11 is 0. The number of fused-ring (bicyclic) bond motifs is 1. The molecule has 1 amide bonds. The molecule has 5 nitrogen and oxygen atoms in total. The van der Waals surface area contributed by atoms with Crippen LogP contribution in [0.2, 0.25) is 0 Å². The number of hydrogen-bond acceptors (Lipinski definition) is 4. The molecule has 2 rings (SSSR count). The molecule has 0 fully saturated rings. The van der Waals surface area contributed by atoms with Crippen LogP contribution in [0, 0.1) is 0 Å². The molecule has 18 heavy (non-hydrogen) atoms. The third kappa shape index (κ3) is 2.09. The van der Waals surface area contributed by atoms with Crippen LogP contribution in [0.5, 0.6) is 5.75 Å². The van der Waals surface area contributed by atoms with E-state index in [0.717, 1.165) is 0 Å². The summed E-state index contributed by atoms with van der Waals surface area (Å²) < 4.78 is 5.33. The van der Waals surface area contributed by atoms with Crippen LogP contribution in [0.4, 0.5) is 5.69 Å². The predicted octanol–water partition coefficient (Wildman–Crippen LogP) is 0.962. The third-order valence-corrected chi connectivity index (χ3v) is 2.92. The lowest BCUT2D eigenvalue weighted by Gasteiger charge is -2.28. The number of carbonyl (C=O) groups excluding carboxylic acids is 2. The van der Waals surface area contributed by atoms with E-state index < -0.39 is 6.04 Å². The zero-order chi connectivity index (χ0) is 13.3. The molecule has 1 heterocycles. The molecule has 2 N–H and O–H groups in total. The molecule has 0 aliphatic carbocycles. The average Bonchev–Trinajstić information content (AvgIpc) is 2.37. The van der Waals surface area contributed by atoms with Gasteiger partial charge in [-0.05, 0) is 32.0 Å². The Labute approximate surface area is 106 Å². The average molecular weight is 248 g/mol. The third-order valence-electron chi connectivity index (χ3n) is 2.92. The Morgan fingerprint density at radius 1 is 1.56 bits per heavy atom. The van der Waals surface area contributed by atoms with Gasteiger partial charge in [0.2, 0.25) is 0 Å². The maximum absolute atomic E-state index is 11.8. The van der Waals surface area contributed by atoms with Crippen molar-refractivity contribution < 1.29 is 14.3 Å². The van der Waals surface area contributed by atoms with Gasteiger partial charge in [0.05, 0.1) is 11.7 Å². The number of rotatable bonds is 3. The van der Waals surface area contributed by atoms with Crippen molar-refractivity contribution in [3.05, 3.63) is 23.8 Å². The minimum absolute atomic E-state index is 0.0431. The van der Waals surface area contributed by atoms with E-state index in [4.69, 9.17) is 10.5 Å². The number of amides is 1. The normalized spacial score (nSPS) is 15.9. The fraction of sp³-hybridized carbons (Fsp3) is 0.385. The summed E-state index contributed by atoms with van der Waals surface area (Å²) in [6, 6.07) is 4.49. The molecule has 0 bridgehead atoms. The van der Waals surface area contributed by atoms with E-state index in [2.05, 4.69) is 0 Å². The second-order valence-corrected chi connectivity index (χ2v) is 4.26. The summed E-state index contributed by atoms with van der Waals surface area (Å²) in [5.74, 6) is 0.375. The highest BCUT2D eigenvalue weighted by molar-refractivity contribution is 6.03. The Bertz CT molecular complexity index is 497. The molecule has 0 aromatic heterocycles. The SMILES string of the molecule is CCN1C(=O)COc2ccc(C(=O)C(C)N)cc21. The summed E-state index contributed by atoms with van der Waals surface area (Å²) in [5, 5.41) is 0. The molecule has 1 aliphatic heterocycles. The highest BCUT2D eigenvalue weighted by Gasteiger charge is 2.25. The Balaban J connectivity index is 2.44. The number of nitrogens with two attached hydrogens (primary N) is 1. The van der Waals surface area contributed by atoms with Crippen LogP contribution in [-0.2, 0) is 4.79 Å². The maximum atomic E-state index is 11.8. The van der Waals surface area contributed by atoms with Gasteiger partial charge in [-0.1, -0.05) is 0 Å². The molecule has 1 aliphatic rings. The molecular weight excluding hydrogens is 232 g/mol. The van der Waals surface area contributed by atoms with E-state index in [9.17, 15) is 9.59 Å². The van der Waals surface area contributed by atoms with Crippen LogP contribution in [0.15, 0.2) is 18.2 Å². The Morgan fingerprint density at radius 3 is 2.89 bits per heavy atom. The van der Waals surface area contributed by atoms with Gasteiger partial charge in [0.1, 0.15) is 5.75 Å². The minimum Gasteiger partial charge on any atom is -0.482 e. The predicted molar refractivity (Wildman–Crippen MR) is 67.9 cm³/mol. The van der Waals surface area contributed by atoms with Crippen molar-refractivity contribution in [1.29, 1.82) is 0 Å². The second-order valence-electron chi connectivity index (χ2n) is 4.26. The van der Waals surface area contributed by atoms with E-state index in [0.29, 0.717) is 23.5 Å². The number of Topliss-reactive ketones (excluding diaryl/α,β-unsaturated/α-hetero) is 1. The molecule has 1 aromatic rings. The van der Waals surface area contributed by atoms with E-state index in [1.54, 1.807) is 30.0 Å². The number of anilines is 1. The van der Waals surface area contributed by atoms with Gasteiger partial charge in [0, 0.05) is 12.1 Å². The van der Waals surface area contributed by atoms with Crippen LogP contribution >= 0.6 is 0 Å². The molecule has 5 heteroatoms. The van der Waals surface area contributed by atoms with E-state index >= 15 is 0 Å². The first-order valence-electron chi connectivity index (χ1n) is 5.91. The lowest BCUT2D eigenvalue weighted by atomic mass is 10.0. The van der Waals surface area contributed by atoms with Gasteiger partial charge in [-0.15, -0.1) is 0 Å². The standard InChI is InChI=1S/C13H16N2O3/c1-3-15-10-6-9(13(17)8(2)14)4-5-11(10)18-7-12(15)16/h4-6,8H,3,7,14H2,1-2H3. The second kappa shape index (κ2) is 4.78. The Kier molecular flexibility index (Phi) is 3.34. The molecule has 0 saturated heterocycles. The molecule has 0 spiro atoms. The first-order valence-corrected chi connectivity index (χ1v) is 5.91. The van der Waals surface area contributed by atoms with Crippen molar-refractivity contribution in [1.82, 2.24) is 0 Å². The summed E-state index contributed by atoms with van der Waals surface area (Å²) in [7, 11) is 0. The quantitative estimate of drug-likeness (QED) is 0.809. The van der Waals surface area contributed by atoms with Crippen LogP contribution < -0.4 is 15.4 Å². The minimum atomic E-state index is -0.557. The first-order chi connectivity index (χ1) is 8.54. The number of hydrogen-bond donors (Lipinski definition) is 1. The monoisotopic (exact) mass is 248 g/mol. The largest absolute Gasteiger partial charge is 0.482 e. The van der Waals surface area contributed by atoms with Gasteiger partial charge in [-0.2, -0.15) is 0 Å². The Morgan fingerprint density at radius 2 is 2.28 bits per heavy atom. The van der Waals surface area contributed by atoms with E-state index in [1.165, 1.54) is 0 Å². The van der Waals surface area contributed by atoms with Crippen molar-refractivity contribution in [3.63, 3.8) is 0 Å². The van der Waals surface area contributed by atoms with Crippen molar-refractivity contribution in [2.75, 3.05) is 18.1 Å².